The van der Waals surface area contributed by atoms with Gasteiger partial charge in [-0.05, 0) is 17.7 Å². The average Bonchev–Trinajstić information content (AvgIpc) is 2.15. The largest absolute Gasteiger partial charge is 0.477 e. The molecule has 13 heavy (non-hydrogen) atoms. The first-order valence-corrected chi connectivity index (χ1v) is 4.17. The predicted octanol–water partition coefficient (Wildman–Crippen LogP) is 2.24. The molecule has 0 amide bonds. The lowest BCUT2D eigenvalue weighted by molar-refractivity contribution is 0.287. The summed E-state index contributed by atoms with van der Waals surface area (Å²) in [5.41, 5.74) is 2.15. The Morgan fingerprint density at radius 3 is 2.46 bits per heavy atom. The van der Waals surface area contributed by atoms with Crippen molar-refractivity contribution in [3.05, 3.63) is 29.8 Å². The highest BCUT2D eigenvalue weighted by Gasteiger charge is 1.94. The predicted molar refractivity (Wildman–Crippen MR) is 54.2 cm³/mol. The van der Waals surface area contributed by atoms with E-state index in [-0.39, 0.29) is 5.90 Å². The van der Waals surface area contributed by atoms with Gasteiger partial charge in [-0.15, -0.1) is 0 Å². The Morgan fingerprint density at radius 2 is 2.00 bits per heavy atom. The second-order valence-electron chi connectivity index (χ2n) is 2.79. The van der Waals surface area contributed by atoms with Crippen LogP contribution in [0.1, 0.15) is 12.5 Å². The van der Waals surface area contributed by atoms with E-state index >= 15 is 0 Å². The summed E-state index contributed by atoms with van der Waals surface area (Å²) in [4.78, 5) is 0. The van der Waals surface area contributed by atoms with Gasteiger partial charge < -0.3 is 10.1 Å². The third-order valence-electron chi connectivity index (χ3n) is 1.70. The summed E-state index contributed by atoms with van der Waals surface area (Å²) < 4.78 is 5.06. The van der Waals surface area contributed by atoms with Crippen molar-refractivity contribution in [1.82, 2.24) is 0 Å². The van der Waals surface area contributed by atoms with Gasteiger partial charge in [-0.1, -0.05) is 12.1 Å². The van der Waals surface area contributed by atoms with E-state index < -0.39 is 0 Å². The van der Waals surface area contributed by atoms with Crippen molar-refractivity contribution < 1.29 is 4.74 Å². The second kappa shape index (κ2) is 4.50. The molecule has 0 saturated heterocycles. The van der Waals surface area contributed by atoms with E-state index in [1.807, 2.05) is 31.3 Å². The van der Waals surface area contributed by atoms with Gasteiger partial charge in [0.25, 0.3) is 0 Å². The highest BCUT2D eigenvalue weighted by Crippen LogP contribution is 2.09. The molecule has 1 aromatic carbocycles. The molecular formula is C10H14N2O. The normalized spacial score (nSPS) is 9.38. The third kappa shape index (κ3) is 3.15. The fraction of sp³-hybridized carbons (Fsp3) is 0.300. The summed E-state index contributed by atoms with van der Waals surface area (Å²) >= 11 is 0. The zero-order valence-corrected chi connectivity index (χ0v) is 7.92. The SMILES string of the molecule is CNc1ccc(COC(C)=N)cc1. The Labute approximate surface area is 78.2 Å². The van der Waals surface area contributed by atoms with E-state index in [9.17, 15) is 0 Å². The minimum atomic E-state index is 0.248. The van der Waals surface area contributed by atoms with Gasteiger partial charge in [0.2, 0.25) is 0 Å². The lowest BCUT2D eigenvalue weighted by atomic mass is 10.2. The molecule has 0 fully saturated rings. The zero-order valence-electron chi connectivity index (χ0n) is 7.92. The zero-order chi connectivity index (χ0) is 9.68. The molecule has 0 unspecified atom stereocenters. The van der Waals surface area contributed by atoms with Gasteiger partial charge in [-0.2, -0.15) is 0 Å². The van der Waals surface area contributed by atoms with Gasteiger partial charge in [0, 0.05) is 19.7 Å². The average molecular weight is 178 g/mol. The van der Waals surface area contributed by atoms with Crippen molar-refractivity contribution in [3.8, 4) is 0 Å². The Morgan fingerprint density at radius 1 is 1.38 bits per heavy atom. The molecule has 0 bridgehead atoms. The van der Waals surface area contributed by atoms with Gasteiger partial charge in [0.1, 0.15) is 6.61 Å². The van der Waals surface area contributed by atoms with E-state index in [2.05, 4.69) is 5.32 Å². The Hall–Kier alpha value is -1.51. The van der Waals surface area contributed by atoms with Crippen molar-refractivity contribution in [2.24, 2.45) is 0 Å². The van der Waals surface area contributed by atoms with Gasteiger partial charge in [-0.25, -0.2) is 0 Å². The quantitative estimate of drug-likeness (QED) is 0.550. The van der Waals surface area contributed by atoms with E-state index in [1.165, 1.54) is 0 Å². The lowest BCUT2D eigenvalue weighted by Gasteiger charge is -2.04. The van der Waals surface area contributed by atoms with Crippen LogP contribution >= 0.6 is 0 Å². The molecule has 70 valence electrons. The number of rotatable bonds is 3. The first kappa shape index (κ1) is 9.58. The number of hydrogen-bond donors (Lipinski definition) is 2. The molecular weight excluding hydrogens is 164 g/mol. The van der Waals surface area contributed by atoms with Crippen LogP contribution in [0.15, 0.2) is 24.3 Å². The fourth-order valence-corrected chi connectivity index (χ4v) is 0.959. The minimum absolute atomic E-state index is 0.248. The first-order chi connectivity index (χ1) is 6.22. The summed E-state index contributed by atoms with van der Waals surface area (Å²) in [6, 6.07) is 7.93. The summed E-state index contributed by atoms with van der Waals surface area (Å²) in [7, 11) is 1.88. The molecule has 0 aliphatic rings. The third-order valence-corrected chi connectivity index (χ3v) is 1.70. The standard InChI is InChI=1S/C10H14N2O/c1-8(11)13-7-9-3-5-10(12-2)6-4-9/h3-6,11-12H,7H2,1-2H3. The van der Waals surface area contributed by atoms with Crippen molar-refractivity contribution in [2.45, 2.75) is 13.5 Å². The molecule has 0 spiro atoms. The topological polar surface area (TPSA) is 45.1 Å². The monoisotopic (exact) mass is 178 g/mol. The summed E-state index contributed by atoms with van der Waals surface area (Å²) in [6.07, 6.45) is 0. The van der Waals surface area contributed by atoms with Crippen LogP contribution in [0.5, 0.6) is 0 Å². The maximum absolute atomic E-state index is 7.09. The van der Waals surface area contributed by atoms with Crippen LogP contribution in [0.2, 0.25) is 0 Å². The number of ether oxygens (including phenoxy) is 1. The molecule has 0 aliphatic carbocycles. The van der Waals surface area contributed by atoms with Gasteiger partial charge in [0.15, 0.2) is 5.90 Å². The van der Waals surface area contributed by atoms with Crippen LogP contribution in [0.4, 0.5) is 5.69 Å². The maximum Gasteiger partial charge on any atom is 0.177 e. The van der Waals surface area contributed by atoms with Crippen LogP contribution in [0.3, 0.4) is 0 Å². The highest BCUT2D eigenvalue weighted by molar-refractivity contribution is 5.69. The Balaban J connectivity index is 2.54. The minimum Gasteiger partial charge on any atom is -0.477 e. The van der Waals surface area contributed by atoms with E-state index in [4.69, 9.17) is 10.1 Å². The molecule has 3 nitrogen and oxygen atoms in total. The molecule has 0 saturated carbocycles. The molecule has 3 heteroatoms. The van der Waals surface area contributed by atoms with Crippen LogP contribution < -0.4 is 5.32 Å². The molecule has 0 aromatic heterocycles. The molecule has 0 atom stereocenters. The smallest absolute Gasteiger partial charge is 0.177 e. The van der Waals surface area contributed by atoms with Crippen molar-refractivity contribution in [1.29, 1.82) is 5.41 Å². The van der Waals surface area contributed by atoms with Crippen LogP contribution in [0, 0.1) is 5.41 Å². The number of hydrogen-bond acceptors (Lipinski definition) is 3. The van der Waals surface area contributed by atoms with Crippen molar-refractivity contribution >= 4 is 11.6 Å². The molecule has 0 aliphatic heterocycles. The molecule has 0 heterocycles. The van der Waals surface area contributed by atoms with Gasteiger partial charge >= 0.3 is 0 Å². The fourth-order valence-electron chi connectivity index (χ4n) is 0.959. The summed E-state index contributed by atoms with van der Waals surface area (Å²) in [6.45, 7) is 2.10. The second-order valence-corrected chi connectivity index (χ2v) is 2.79. The van der Waals surface area contributed by atoms with Crippen LogP contribution in [-0.2, 0) is 11.3 Å². The maximum atomic E-state index is 7.09. The van der Waals surface area contributed by atoms with Gasteiger partial charge in [-0.3, -0.25) is 5.41 Å². The Kier molecular flexibility index (Phi) is 3.31. The summed E-state index contributed by atoms with van der Waals surface area (Å²) in [5.74, 6) is 0.248. The van der Waals surface area contributed by atoms with Crippen LogP contribution in [0.25, 0.3) is 0 Å². The number of anilines is 1. The van der Waals surface area contributed by atoms with E-state index in [0.717, 1.165) is 11.3 Å². The highest BCUT2D eigenvalue weighted by atomic mass is 16.5. The van der Waals surface area contributed by atoms with E-state index in [0.29, 0.717) is 6.61 Å². The molecule has 2 N–H and O–H groups in total. The Bertz CT molecular complexity index is 279. The molecule has 1 rings (SSSR count). The van der Waals surface area contributed by atoms with E-state index in [1.54, 1.807) is 6.92 Å². The first-order valence-electron chi connectivity index (χ1n) is 4.17. The van der Waals surface area contributed by atoms with Crippen molar-refractivity contribution in [3.63, 3.8) is 0 Å². The van der Waals surface area contributed by atoms with Crippen LogP contribution in [-0.4, -0.2) is 12.9 Å². The van der Waals surface area contributed by atoms with Crippen molar-refractivity contribution in [2.75, 3.05) is 12.4 Å². The summed E-state index contributed by atoms with van der Waals surface area (Å²) in [5, 5.41) is 10.1. The number of nitrogens with one attached hydrogen (secondary N) is 2. The molecule has 1 aromatic rings. The number of benzene rings is 1. The lowest BCUT2D eigenvalue weighted by Crippen LogP contribution is -1.98. The van der Waals surface area contributed by atoms with Gasteiger partial charge in [0.05, 0.1) is 0 Å². The molecule has 0 radical (unpaired) electrons.